The van der Waals surface area contributed by atoms with Gasteiger partial charge in [0.1, 0.15) is 42.7 Å². The quantitative estimate of drug-likeness (QED) is 0.109. The number of aromatic nitrogens is 4. The Bertz CT molecular complexity index is 1450. The molecule has 0 bridgehead atoms. The average molecular weight is 646 g/mol. The second-order valence-corrected chi connectivity index (χ2v) is 12.2. The van der Waals surface area contributed by atoms with Crippen LogP contribution in [0.5, 0.6) is 0 Å². The number of hydrogen-bond acceptors (Lipinski definition) is 17. The van der Waals surface area contributed by atoms with Crippen molar-refractivity contribution in [2.45, 2.75) is 62.2 Å². The van der Waals surface area contributed by atoms with E-state index in [1.54, 1.807) is 0 Å². The summed E-state index contributed by atoms with van der Waals surface area (Å²) in [6, 6.07) is 0. The zero-order valence-electron chi connectivity index (χ0n) is 21.3. The number of ether oxygens (including phenoxy) is 2. The lowest BCUT2D eigenvalue weighted by Crippen LogP contribution is -2.60. The molecule has 2 aromatic heterocycles. The van der Waals surface area contributed by atoms with Crippen molar-refractivity contribution in [3.63, 3.8) is 0 Å². The monoisotopic (exact) mass is 646 g/mol. The van der Waals surface area contributed by atoms with Crippen LogP contribution in [0.15, 0.2) is 11.1 Å². The van der Waals surface area contributed by atoms with E-state index in [-0.39, 0.29) is 17.1 Å². The number of rotatable bonds is 10. The molecule has 42 heavy (non-hydrogen) atoms. The third kappa shape index (κ3) is 7.04. The molecule has 0 aromatic carbocycles. The van der Waals surface area contributed by atoms with Gasteiger partial charge in [-0.15, -0.1) is 0 Å². The third-order valence-corrected chi connectivity index (χ3v) is 8.73. The number of imidazole rings is 1. The average Bonchev–Trinajstić information content (AvgIpc) is 3.42. The zero-order valence-corrected chi connectivity index (χ0v) is 23.1. The highest BCUT2D eigenvalue weighted by atomic mass is 31.3. The van der Waals surface area contributed by atoms with Crippen molar-refractivity contribution in [2.24, 2.45) is 0 Å². The topological polar surface area (TPSA) is 341 Å². The zero-order chi connectivity index (χ0) is 31.1. The van der Waals surface area contributed by atoms with Crippen LogP contribution < -0.4 is 16.6 Å². The van der Waals surface area contributed by atoms with Crippen LogP contribution in [0.25, 0.3) is 11.2 Å². The number of aliphatic hydroxyl groups excluding tert-OH is 5. The first-order valence-electron chi connectivity index (χ1n) is 11.9. The molecule has 2 fully saturated rings. The Balaban J connectivity index is 1.38. The number of carbonyl (C=O) groups excluding carboxylic acids is 1. The van der Waals surface area contributed by atoms with E-state index in [2.05, 4.69) is 33.6 Å². The minimum Gasteiger partial charge on any atom is -0.388 e. The summed E-state index contributed by atoms with van der Waals surface area (Å²) in [4.78, 5) is 53.1. The second-order valence-electron chi connectivity index (χ2n) is 9.19. The molecule has 2 saturated heterocycles. The minimum atomic E-state index is -5.63. The highest BCUT2D eigenvalue weighted by Gasteiger charge is 2.49. The number of amides is 1. The van der Waals surface area contributed by atoms with Crippen molar-refractivity contribution in [2.75, 3.05) is 18.9 Å². The van der Waals surface area contributed by atoms with Crippen LogP contribution in [-0.4, -0.2) is 123 Å². The number of anilines is 1. The summed E-state index contributed by atoms with van der Waals surface area (Å²) < 4.78 is 49.8. The van der Waals surface area contributed by atoms with E-state index in [0.717, 1.165) is 17.8 Å². The van der Waals surface area contributed by atoms with Crippen LogP contribution >= 0.6 is 15.6 Å². The molecular formula is C18H28N6O16P2. The van der Waals surface area contributed by atoms with Crippen LogP contribution in [0.1, 0.15) is 13.2 Å². The summed E-state index contributed by atoms with van der Waals surface area (Å²) in [6.07, 6.45) is -14.9. The Labute approximate surface area is 233 Å². The van der Waals surface area contributed by atoms with Crippen molar-refractivity contribution in [1.82, 2.24) is 24.8 Å². The Hall–Kier alpha value is -2.40. The minimum absolute atomic E-state index is 0.118. The van der Waals surface area contributed by atoms with E-state index in [9.17, 15) is 54.0 Å². The number of fused-ring (bicyclic) bond motifs is 1. The summed E-state index contributed by atoms with van der Waals surface area (Å²) in [6.45, 7) is -0.282. The van der Waals surface area contributed by atoms with Gasteiger partial charge >= 0.3 is 15.6 Å². The molecule has 0 spiro atoms. The maximum Gasteiger partial charge on any atom is 0.483 e. The predicted octanol–water partition coefficient (Wildman–Crippen LogP) is -4.48. The fraction of sp³-hybridized carbons (Fsp3) is 0.667. The van der Waals surface area contributed by atoms with Gasteiger partial charge in [-0.25, -0.2) is 14.1 Å². The van der Waals surface area contributed by atoms with E-state index in [0.29, 0.717) is 0 Å². The van der Waals surface area contributed by atoms with Gasteiger partial charge in [-0.1, -0.05) is 0 Å². The number of phosphoric ester groups is 2. The smallest absolute Gasteiger partial charge is 0.388 e. The molecule has 22 nitrogen and oxygen atoms in total. The second kappa shape index (κ2) is 12.3. The van der Waals surface area contributed by atoms with Crippen molar-refractivity contribution in [3.8, 4) is 0 Å². The number of nitrogens with zero attached hydrogens (tertiary/aromatic N) is 3. The van der Waals surface area contributed by atoms with Gasteiger partial charge in [-0.05, 0) is 0 Å². The van der Waals surface area contributed by atoms with Crippen LogP contribution in [0, 0.1) is 0 Å². The summed E-state index contributed by atoms with van der Waals surface area (Å²) >= 11 is 0. The Morgan fingerprint density at radius 1 is 1.07 bits per heavy atom. The predicted molar refractivity (Wildman–Crippen MR) is 132 cm³/mol. The van der Waals surface area contributed by atoms with E-state index in [1.807, 2.05) is 0 Å². The molecule has 11 N–H and O–H groups in total. The van der Waals surface area contributed by atoms with Gasteiger partial charge in [-0.2, -0.15) is 9.29 Å². The molecule has 4 rings (SSSR count). The van der Waals surface area contributed by atoms with Crippen LogP contribution in [0.3, 0.4) is 0 Å². The first-order chi connectivity index (χ1) is 19.5. The summed E-state index contributed by atoms with van der Waals surface area (Å²) in [5, 5.41) is 53.2. The fourth-order valence-corrected chi connectivity index (χ4v) is 6.27. The van der Waals surface area contributed by atoms with Crippen LogP contribution in [-0.2, 0) is 36.8 Å². The van der Waals surface area contributed by atoms with Gasteiger partial charge in [0, 0.05) is 13.5 Å². The third-order valence-electron chi connectivity index (χ3n) is 6.13. The number of aliphatic hydroxyl groups is 5. The molecule has 6 unspecified atom stereocenters. The molecule has 2 aliphatic rings. The molecule has 11 atom stereocenters. The first kappa shape index (κ1) is 32.5. The number of nitrogens with one attached hydrogen (secondary N) is 2. The van der Waals surface area contributed by atoms with E-state index < -0.39 is 95.5 Å². The van der Waals surface area contributed by atoms with E-state index in [4.69, 9.17) is 15.2 Å². The molecule has 1 amide bonds. The number of hydrogen-bond donors (Lipinski definition) is 10. The lowest BCUT2D eigenvalue weighted by Gasteiger charge is -2.40. The van der Waals surface area contributed by atoms with E-state index >= 15 is 0 Å². The largest absolute Gasteiger partial charge is 0.483 e. The Morgan fingerprint density at radius 3 is 2.40 bits per heavy atom. The maximum atomic E-state index is 12.4. The summed E-state index contributed by atoms with van der Waals surface area (Å²) in [5.41, 5.74) is 4.55. The Morgan fingerprint density at radius 2 is 1.74 bits per heavy atom. The molecule has 0 saturated carbocycles. The number of nitrogen functional groups attached to an aromatic ring is 1. The number of nitrogens with two attached hydrogens (primary N) is 1. The lowest BCUT2D eigenvalue weighted by molar-refractivity contribution is -0.273. The number of aromatic amines is 1. The van der Waals surface area contributed by atoms with Crippen molar-refractivity contribution in [3.05, 3.63) is 16.7 Å². The SMILES string of the molecule is CC(=O)NCC1O[C@H](OP(=O)(O)OP(=O)(O)OC[C@H]2O[C@@H](n3cnc4c(=O)[nH]c(N)nc43)C(O)[C@H]2O)C(O)C(O)[C@@H]1O. The molecule has 0 aliphatic carbocycles. The Kier molecular flexibility index (Phi) is 9.52. The van der Waals surface area contributed by atoms with Crippen molar-refractivity contribution >= 4 is 38.7 Å². The number of carbonyl (C=O) groups is 1. The molecule has 2 aliphatic heterocycles. The molecule has 2 aromatic rings. The van der Waals surface area contributed by atoms with Gasteiger partial charge in [-0.3, -0.25) is 28.2 Å². The lowest BCUT2D eigenvalue weighted by atomic mass is 9.99. The molecule has 236 valence electrons. The maximum absolute atomic E-state index is 12.4. The fourth-order valence-electron chi connectivity index (χ4n) is 4.11. The highest BCUT2D eigenvalue weighted by molar-refractivity contribution is 7.61. The molecule has 24 heteroatoms. The highest BCUT2D eigenvalue weighted by Crippen LogP contribution is 2.61. The van der Waals surface area contributed by atoms with Gasteiger partial charge in [0.2, 0.25) is 11.9 Å². The van der Waals surface area contributed by atoms with Gasteiger partial charge < -0.3 is 55.8 Å². The van der Waals surface area contributed by atoms with Gasteiger partial charge in [0.25, 0.3) is 5.56 Å². The van der Waals surface area contributed by atoms with Crippen LogP contribution in [0.4, 0.5) is 5.95 Å². The molecule has 0 radical (unpaired) electrons. The van der Waals surface area contributed by atoms with Gasteiger partial charge in [0.05, 0.1) is 12.9 Å². The number of phosphoric acid groups is 2. The van der Waals surface area contributed by atoms with Gasteiger partial charge in [0.15, 0.2) is 23.7 Å². The number of H-pyrrole nitrogens is 1. The standard InChI is InChI=1S/C18H28N6O16P2/c1-5(25)20-2-6-9(26)11(28)13(30)17(38-6)39-42(34,35)40-41(32,33)36-3-7-10(27)12(29)16(37-7)24-4-21-8-14(24)22-18(19)23-15(8)31/h4,6-7,9-13,16-17,26-30H,2-3H2,1H3,(H,20,25)(H,32,33)(H,34,35)(H3,19,22,23,31)/t6?,7-,9-,10+,11?,12?,13?,16-,17-/m1/s1. The molecular weight excluding hydrogens is 618 g/mol. The van der Waals surface area contributed by atoms with Crippen LogP contribution in [0.2, 0.25) is 0 Å². The summed E-state index contributed by atoms with van der Waals surface area (Å²) in [7, 11) is -11.1. The first-order valence-corrected chi connectivity index (χ1v) is 14.9. The summed E-state index contributed by atoms with van der Waals surface area (Å²) in [5.74, 6) is -0.833. The molecule has 4 heterocycles. The van der Waals surface area contributed by atoms with Crippen molar-refractivity contribution in [1.29, 1.82) is 0 Å². The van der Waals surface area contributed by atoms with Crippen molar-refractivity contribution < 1.29 is 72.1 Å². The normalized spacial score (nSPS) is 34.6. The van der Waals surface area contributed by atoms with E-state index in [1.165, 1.54) is 0 Å².